The van der Waals surface area contributed by atoms with Gasteiger partial charge in [-0.2, -0.15) is 5.26 Å². The molecule has 0 N–H and O–H groups in total. The van der Waals surface area contributed by atoms with Crippen LogP contribution < -0.4 is 0 Å². The van der Waals surface area contributed by atoms with Crippen molar-refractivity contribution in [2.45, 2.75) is 39.0 Å². The summed E-state index contributed by atoms with van der Waals surface area (Å²) < 4.78 is 0. The van der Waals surface area contributed by atoms with Crippen LogP contribution in [0.1, 0.15) is 37.3 Å². The summed E-state index contributed by atoms with van der Waals surface area (Å²) in [5, 5.41) is 8.45. The van der Waals surface area contributed by atoms with E-state index in [-0.39, 0.29) is 5.91 Å². The van der Waals surface area contributed by atoms with Crippen molar-refractivity contribution < 1.29 is 4.79 Å². The molecule has 0 aliphatic rings. The molecule has 1 aromatic carbocycles. The number of nitrogens with zero attached hydrogens (tertiary/aromatic N) is 2. The third kappa shape index (κ3) is 5.56. The van der Waals surface area contributed by atoms with Crippen molar-refractivity contribution in [3.05, 3.63) is 35.4 Å². The number of hydrogen-bond acceptors (Lipinski definition) is 2. The number of aryl methyl sites for hydroxylation is 1. The number of likely N-dealkylation sites (N-methyl/N-ethyl adjacent to an activating group) is 1. The Hall–Kier alpha value is -1.82. The Morgan fingerprint density at radius 2 is 1.79 bits per heavy atom. The molecule has 0 radical (unpaired) electrons. The summed E-state index contributed by atoms with van der Waals surface area (Å²) in [4.78, 5) is 13.3. The van der Waals surface area contributed by atoms with E-state index in [0.717, 1.165) is 19.3 Å². The fourth-order valence-electron chi connectivity index (χ4n) is 1.94. The quantitative estimate of drug-likeness (QED) is 0.754. The van der Waals surface area contributed by atoms with E-state index in [4.69, 9.17) is 5.26 Å². The van der Waals surface area contributed by atoms with Crippen molar-refractivity contribution in [3.8, 4) is 6.07 Å². The molecule has 0 aliphatic carbocycles. The Bertz CT molecular complexity index is 431. The lowest BCUT2D eigenvalue weighted by Crippen LogP contribution is -2.28. The van der Waals surface area contributed by atoms with Gasteiger partial charge in [-0.25, -0.2) is 0 Å². The smallest absolute Gasteiger partial charge is 0.223 e. The maximum atomic E-state index is 11.6. The maximum Gasteiger partial charge on any atom is 0.223 e. The molecule has 102 valence electrons. The summed E-state index contributed by atoms with van der Waals surface area (Å²) in [6, 6.07) is 10.6. The molecule has 0 heterocycles. The zero-order valence-corrected chi connectivity index (χ0v) is 11.9. The van der Waals surface area contributed by atoms with Crippen LogP contribution in [0.25, 0.3) is 0 Å². The van der Waals surface area contributed by atoms with E-state index in [0.29, 0.717) is 19.4 Å². The van der Waals surface area contributed by atoms with Gasteiger partial charge in [-0.15, -0.1) is 0 Å². The van der Waals surface area contributed by atoms with Gasteiger partial charge in [0.2, 0.25) is 5.91 Å². The first-order valence-electron chi connectivity index (χ1n) is 6.86. The predicted octanol–water partition coefficient (Wildman–Crippen LogP) is 2.94. The van der Waals surface area contributed by atoms with Crippen molar-refractivity contribution >= 4 is 5.91 Å². The number of carbonyl (C=O) groups is 1. The van der Waals surface area contributed by atoms with Crippen LogP contribution in [0, 0.1) is 11.3 Å². The molecule has 0 aliphatic heterocycles. The van der Waals surface area contributed by atoms with E-state index >= 15 is 0 Å². The van der Waals surface area contributed by atoms with Gasteiger partial charge in [0.05, 0.1) is 6.07 Å². The average Bonchev–Trinajstić information content (AvgIpc) is 2.44. The van der Waals surface area contributed by atoms with Gasteiger partial charge in [0, 0.05) is 26.4 Å². The van der Waals surface area contributed by atoms with Crippen LogP contribution in [0.5, 0.6) is 0 Å². The summed E-state index contributed by atoms with van der Waals surface area (Å²) in [5.74, 6) is 0.0455. The molecule has 19 heavy (non-hydrogen) atoms. The monoisotopic (exact) mass is 258 g/mol. The Morgan fingerprint density at radius 1 is 1.21 bits per heavy atom. The fourth-order valence-corrected chi connectivity index (χ4v) is 1.94. The summed E-state index contributed by atoms with van der Waals surface area (Å²) in [6.07, 6.45) is 3.76. The molecule has 0 fully saturated rings. The number of amides is 1. The minimum atomic E-state index is 0.0455. The summed E-state index contributed by atoms with van der Waals surface area (Å²) in [6.45, 7) is 2.88. The molecule has 1 rings (SSSR count). The predicted molar refractivity (Wildman–Crippen MR) is 76.6 cm³/mol. The zero-order valence-electron chi connectivity index (χ0n) is 11.9. The Morgan fingerprint density at radius 3 is 2.32 bits per heavy atom. The van der Waals surface area contributed by atoms with Crippen LogP contribution in [0.4, 0.5) is 0 Å². The average molecular weight is 258 g/mol. The second kappa shape index (κ2) is 8.31. The first-order valence-corrected chi connectivity index (χ1v) is 6.86. The second-order valence-corrected chi connectivity index (χ2v) is 4.79. The minimum absolute atomic E-state index is 0.0455. The van der Waals surface area contributed by atoms with Gasteiger partial charge in [0.25, 0.3) is 0 Å². The topological polar surface area (TPSA) is 44.1 Å². The van der Waals surface area contributed by atoms with Crippen LogP contribution in [0.15, 0.2) is 24.3 Å². The van der Waals surface area contributed by atoms with Gasteiger partial charge in [-0.3, -0.25) is 4.79 Å². The highest BCUT2D eigenvalue weighted by atomic mass is 16.2. The fraction of sp³-hybridized carbons (Fsp3) is 0.500. The van der Waals surface area contributed by atoms with E-state index in [1.165, 1.54) is 11.1 Å². The molecular formula is C16H22N2O. The van der Waals surface area contributed by atoms with Crippen LogP contribution in [0.3, 0.4) is 0 Å². The number of nitriles is 1. The molecule has 0 saturated heterocycles. The lowest BCUT2D eigenvalue weighted by molar-refractivity contribution is -0.129. The Balaban J connectivity index is 2.39. The number of benzene rings is 1. The van der Waals surface area contributed by atoms with Gasteiger partial charge < -0.3 is 4.90 Å². The van der Waals surface area contributed by atoms with Gasteiger partial charge in [-0.1, -0.05) is 37.6 Å². The third-order valence-electron chi connectivity index (χ3n) is 3.17. The minimum Gasteiger partial charge on any atom is -0.345 e. The summed E-state index contributed by atoms with van der Waals surface area (Å²) >= 11 is 0. The van der Waals surface area contributed by atoms with Crippen LogP contribution in [-0.2, 0) is 17.6 Å². The molecule has 3 nitrogen and oxygen atoms in total. The van der Waals surface area contributed by atoms with Crippen molar-refractivity contribution in [2.24, 2.45) is 0 Å². The van der Waals surface area contributed by atoms with E-state index in [1.807, 2.05) is 6.07 Å². The lowest BCUT2D eigenvalue weighted by Gasteiger charge is -2.16. The first kappa shape index (κ1) is 15.2. The number of hydrogen-bond donors (Lipinski definition) is 0. The largest absolute Gasteiger partial charge is 0.345 e. The summed E-state index contributed by atoms with van der Waals surface area (Å²) in [5.41, 5.74) is 2.62. The van der Waals surface area contributed by atoms with Crippen molar-refractivity contribution in [2.75, 3.05) is 13.6 Å². The van der Waals surface area contributed by atoms with Crippen LogP contribution >= 0.6 is 0 Å². The molecular weight excluding hydrogens is 236 g/mol. The number of rotatable bonds is 7. The second-order valence-electron chi connectivity index (χ2n) is 4.79. The summed E-state index contributed by atoms with van der Waals surface area (Å²) in [7, 11) is 1.80. The van der Waals surface area contributed by atoms with Crippen LogP contribution in [-0.4, -0.2) is 24.4 Å². The maximum absolute atomic E-state index is 11.6. The van der Waals surface area contributed by atoms with Crippen molar-refractivity contribution in [1.29, 1.82) is 5.26 Å². The first-order chi connectivity index (χ1) is 9.17. The molecule has 0 spiro atoms. The molecule has 0 saturated carbocycles. The van der Waals surface area contributed by atoms with E-state index < -0.39 is 0 Å². The molecule has 1 aromatic rings. The Kier molecular flexibility index (Phi) is 6.67. The van der Waals surface area contributed by atoms with E-state index in [9.17, 15) is 4.79 Å². The molecule has 0 aromatic heterocycles. The van der Waals surface area contributed by atoms with Gasteiger partial charge in [-0.05, 0) is 24.0 Å². The Labute approximate surface area is 115 Å². The highest BCUT2D eigenvalue weighted by Crippen LogP contribution is 2.08. The van der Waals surface area contributed by atoms with E-state index in [1.54, 1.807) is 11.9 Å². The molecule has 1 amide bonds. The SMILES string of the molecule is CCCc1ccc(CCN(C)C(=O)CCC#N)cc1. The van der Waals surface area contributed by atoms with Gasteiger partial charge in [0.1, 0.15) is 0 Å². The standard InChI is InChI=1S/C16H22N2O/c1-3-5-14-7-9-15(10-8-14)11-13-18(2)16(19)6-4-12-17/h7-10H,3-6,11,13H2,1-2H3. The molecule has 0 unspecified atom stereocenters. The zero-order chi connectivity index (χ0) is 14.1. The van der Waals surface area contributed by atoms with Crippen LogP contribution in [0.2, 0.25) is 0 Å². The molecule has 0 bridgehead atoms. The highest BCUT2D eigenvalue weighted by Gasteiger charge is 2.07. The van der Waals surface area contributed by atoms with Crippen molar-refractivity contribution in [1.82, 2.24) is 4.90 Å². The highest BCUT2D eigenvalue weighted by molar-refractivity contribution is 5.76. The molecule has 3 heteroatoms. The normalized spacial score (nSPS) is 9.95. The lowest BCUT2D eigenvalue weighted by atomic mass is 10.1. The van der Waals surface area contributed by atoms with Gasteiger partial charge in [0.15, 0.2) is 0 Å². The van der Waals surface area contributed by atoms with Gasteiger partial charge >= 0.3 is 0 Å². The third-order valence-corrected chi connectivity index (χ3v) is 3.17. The van der Waals surface area contributed by atoms with E-state index in [2.05, 4.69) is 31.2 Å². The number of carbonyl (C=O) groups excluding carboxylic acids is 1. The molecule has 0 atom stereocenters. The van der Waals surface area contributed by atoms with Crippen molar-refractivity contribution in [3.63, 3.8) is 0 Å².